The van der Waals surface area contributed by atoms with Crippen molar-refractivity contribution in [3.63, 3.8) is 0 Å². The van der Waals surface area contributed by atoms with E-state index in [-0.39, 0.29) is 0 Å². The van der Waals surface area contributed by atoms with Gasteiger partial charge in [0.15, 0.2) is 0 Å². The minimum atomic E-state index is 0.892. The fraction of sp³-hybridized carbons (Fsp3) is 0. The molecule has 3 nitrogen and oxygen atoms in total. The number of para-hydroxylation sites is 3. The van der Waals surface area contributed by atoms with Crippen LogP contribution in [0, 0.1) is 0 Å². The molecule has 0 aliphatic rings. The minimum Gasteiger partial charge on any atom is -0.456 e. The molecule has 65 heavy (non-hydrogen) atoms. The third-order valence-corrected chi connectivity index (χ3v) is 13.1. The van der Waals surface area contributed by atoms with Crippen molar-refractivity contribution in [2.24, 2.45) is 0 Å². The smallest absolute Gasteiger partial charge is 0.136 e. The maximum absolute atomic E-state index is 6.32. The van der Waals surface area contributed by atoms with Crippen molar-refractivity contribution in [2.45, 2.75) is 0 Å². The molecule has 0 spiro atoms. The van der Waals surface area contributed by atoms with Crippen LogP contribution < -0.4 is 4.90 Å². The molecule has 0 fully saturated rings. The van der Waals surface area contributed by atoms with Crippen LogP contribution in [0.5, 0.6) is 0 Å². The summed E-state index contributed by atoms with van der Waals surface area (Å²) in [4.78, 5) is 2.38. The molecular weight excluding hydrogens is 789 g/mol. The fourth-order valence-corrected chi connectivity index (χ4v) is 10.0. The van der Waals surface area contributed by atoms with Crippen molar-refractivity contribution in [3.05, 3.63) is 243 Å². The van der Waals surface area contributed by atoms with Crippen LogP contribution >= 0.6 is 0 Å². The molecule has 2 aromatic heterocycles. The van der Waals surface area contributed by atoms with E-state index in [1.165, 1.54) is 60.0 Å². The molecular formula is C62H40N2O. The van der Waals surface area contributed by atoms with Gasteiger partial charge in [-0.15, -0.1) is 0 Å². The molecule has 2 heterocycles. The van der Waals surface area contributed by atoms with Crippen molar-refractivity contribution < 1.29 is 4.42 Å². The van der Waals surface area contributed by atoms with E-state index in [0.29, 0.717) is 0 Å². The van der Waals surface area contributed by atoms with Crippen LogP contribution in [0.1, 0.15) is 0 Å². The van der Waals surface area contributed by atoms with Crippen molar-refractivity contribution in [3.8, 4) is 39.1 Å². The maximum Gasteiger partial charge on any atom is 0.136 e. The lowest BCUT2D eigenvalue weighted by Gasteiger charge is -2.27. The zero-order valence-corrected chi connectivity index (χ0v) is 35.4. The van der Waals surface area contributed by atoms with Crippen LogP contribution in [-0.4, -0.2) is 4.57 Å². The summed E-state index contributed by atoms with van der Waals surface area (Å²) in [6, 6.07) is 87.8. The third-order valence-electron chi connectivity index (χ3n) is 13.1. The Morgan fingerprint density at radius 1 is 0.277 bits per heavy atom. The number of fused-ring (bicyclic) bond motifs is 9. The van der Waals surface area contributed by atoms with Gasteiger partial charge in [-0.05, 0) is 140 Å². The SMILES string of the molecule is c1cc(-c2ccc(N(c3cccc(-c4ccc5c(c4)oc4ccccc45)c3)c3ccc4ccc5ccccc5c4c3)cc2)cc(-c2cccc(-n3c4ccccc4c4ccccc43)c2)c1. The largest absolute Gasteiger partial charge is 0.456 e. The second-order valence-corrected chi connectivity index (χ2v) is 16.9. The van der Waals surface area contributed by atoms with Gasteiger partial charge in [-0.3, -0.25) is 0 Å². The Bertz CT molecular complexity index is 3910. The lowest BCUT2D eigenvalue weighted by Crippen LogP contribution is -2.10. The second-order valence-electron chi connectivity index (χ2n) is 16.9. The summed E-state index contributed by atoms with van der Waals surface area (Å²) in [6.07, 6.45) is 0. The molecule has 11 aromatic carbocycles. The van der Waals surface area contributed by atoms with Crippen LogP contribution in [-0.2, 0) is 0 Å². The number of hydrogen-bond donors (Lipinski definition) is 0. The van der Waals surface area contributed by atoms with Gasteiger partial charge in [0.05, 0.1) is 11.0 Å². The normalized spacial score (nSPS) is 11.7. The highest BCUT2D eigenvalue weighted by molar-refractivity contribution is 6.10. The molecule has 0 aliphatic heterocycles. The highest BCUT2D eigenvalue weighted by atomic mass is 16.3. The number of furan rings is 1. The first-order chi connectivity index (χ1) is 32.2. The first-order valence-electron chi connectivity index (χ1n) is 22.2. The third kappa shape index (κ3) is 6.28. The van der Waals surface area contributed by atoms with Gasteiger partial charge in [0.2, 0.25) is 0 Å². The molecule has 0 N–H and O–H groups in total. The van der Waals surface area contributed by atoms with Crippen LogP contribution in [0.15, 0.2) is 247 Å². The van der Waals surface area contributed by atoms with E-state index in [4.69, 9.17) is 4.42 Å². The Labute approximate surface area is 376 Å². The zero-order chi connectivity index (χ0) is 42.8. The van der Waals surface area contributed by atoms with Gasteiger partial charge >= 0.3 is 0 Å². The van der Waals surface area contributed by atoms with Gasteiger partial charge in [0.1, 0.15) is 11.2 Å². The highest BCUT2D eigenvalue weighted by Crippen LogP contribution is 2.41. The van der Waals surface area contributed by atoms with Gasteiger partial charge in [0, 0.05) is 44.3 Å². The number of benzene rings is 11. The van der Waals surface area contributed by atoms with E-state index in [9.17, 15) is 0 Å². The predicted octanol–water partition coefficient (Wildman–Crippen LogP) is 17.5. The second kappa shape index (κ2) is 15.0. The lowest BCUT2D eigenvalue weighted by molar-refractivity contribution is 0.669. The average Bonchev–Trinajstić information content (AvgIpc) is 3.92. The molecule has 0 radical (unpaired) electrons. The van der Waals surface area contributed by atoms with E-state index in [1.54, 1.807) is 0 Å². The Kier molecular flexibility index (Phi) is 8.53. The Balaban J connectivity index is 0.889. The summed E-state index contributed by atoms with van der Waals surface area (Å²) >= 11 is 0. The van der Waals surface area contributed by atoms with Crippen LogP contribution in [0.25, 0.3) is 104 Å². The van der Waals surface area contributed by atoms with Crippen molar-refractivity contribution in [2.75, 3.05) is 4.90 Å². The Morgan fingerprint density at radius 3 is 1.58 bits per heavy atom. The van der Waals surface area contributed by atoms with E-state index in [2.05, 4.69) is 240 Å². The van der Waals surface area contributed by atoms with Gasteiger partial charge < -0.3 is 13.9 Å². The van der Waals surface area contributed by atoms with Gasteiger partial charge in [-0.2, -0.15) is 0 Å². The number of nitrogens with zero attached hydrogens (tertiary/aromatic N) is 2. The van der Waals surface area contributed by atoms with Crippen LogP contribution in [0.3, 0.4) is 0 Å². The minimum absolute atomic E-state index is 0.892. The summed E-state index contributed by atoms with van der Waals surface area (Å²) in [6.45, 7) is 0. The molecule has 0 saturated heterocycles. The monoisotopic (exact) mass is 828 g/mol. The molecule has 3 heteroatoms. The van der Waals surface area contributed by atoms with E-state index in [0.717, 1.165) is 61.4 Å². The summed E-state index contributed by atoms with van der Waals surface area (Å²) in [5.41, 5.74) is 15.5. The first-order valence-corrected chi connectivity index (χ1v) is 22.2. The van der Waals surface area contributed by atoms with Gasteiger partial charge in [-0.1, -0.05) is 158 Å². The maximum atomic E-state index is 6.32. The Morgan fingerprint density at radius 2 is 0.800 bits per heavy atom. The molecule has 0 atom stereocenters. The molecule has 0 unspecified atom stereocenters. The molecule has 0 bridgehead atoms. The van der Waals surface area contributed by atoms with E-state index >= 15 is 0 Å². The van der Waals surface area contributed by atoms with E-state index in [1.807, 2.05) is 12.1 Å². The first kappa shape index (κ1) is 36.9. The topological polar surface area (TPSA) is 21.3 Å². The summed E-state index contributed by atoms with van der Waals surface area (Å²) in [5, 5.41) is 9.72. The van der Waals surface area contributed by atoms with Gasteiger partial charge in [-0.25, -0.2) is 0 Å². The summed E-state index contributed by atoms with van der Waals surface area (Å²) in [5.74, 6) is 0. The summed E-state index contributed by atoms with van der Waals surface area (Å²) < 4.78 is 8.71. The molecule has 13 aromatic rings. The number of anilines is 3. The molecule has 304 valence electrons. The van der Waals surface area contributed by atoms with E-state index < -0.39 is 0 Å². The fourth-order valence-electron chi connectivity index (χ4n) is 10.0. The standard InChI is InChI=1S/C62H40N2O/c1-2-19-53-42(12-1)26-27-43-30-34-52(40-58(43)53)63(50-17-10-16-47(37-50)48-31-35-57-56-22-5-8-25-61(56)65-62(57)39-48)49-32-28-41(29-33-49)44-13-9-14-45(36-44)46-15-11-18-51(38-46)64-59-23-6-3-20-54(59)55-21-4-7-24-60(55)64/h1-40H. The van der Waals surface area contributed by atoms with Crippen LogP contribution in [0.2, 0.25) is 0 Å². The summed E-state index contributed by atoms with van der Waals surface area (Å²) in [7, 11) is 0. The van der Waals surface area contributed by atoms with Crippen molar-refractivity contribution >= 4 is 82.4 Å². The highest BCUT2D eigenvalue weighted by Gasteiger charge is 2.17. The number of hydrogen-bond acceptors (Lipinski definition) is 2. The average molecular weight is 829 g/mol. The quantitative estimate of drug-likeness (QED) is 0.149. The lowest BCUT2D eigenvalue weighted by atomic mass is 9.98. The molecule has 0 aliphatic carbocycles. The number of rotatable bonds is 7. The van der Waals surface area contributed by atoms with Gasteiger partial charge in [0.25, 0.3) is 0 Å². The molecule has 13 rings (SSSR count). The number of aromatic nitrogens is 1. The van der Waals surface area contributed by atoms with Crippen molar-refractivity contribution in [1.82, 2.24) is 4.57 Å². The predicted molar refractivity (Wildman–Crippen MR) is 274 cm³/mol. The Hall–Kier alpha value is -8.66. The molecule has 0 amide bonds. The van der Waals surface area contributed by atoms with Crippen LogP contribution in [0.4, 0.5) is 17.1 Å². The molecule has 0 saturated carbocycles. The zero-order valence-electron chi connectivity index (χ0n) is 35.4. The van der Waals surface area contributed by atoms with Crippen molar-refractivity contribution in [1.29, 1.82) is 0 Å².